The molecule has 3 aliphatic rings. The molecule has 3 rings (SSSR count). The molecule has 5 amide bonds. The van der Waals surface area contributed by atoms with Crippen molar-refractivity contribution in [2.24, 2.45) is 5.73 Å². The van der Waals surface area contributed by atoms with Gasteiger partial charge in [-0.1, -0.05) is 6.92 Å². The quantitative estimate of drug-likeness (QED) is 0.0784. The fourth-order valence-corrected chi connectivity index (χ4v) is 9.05. The van der Waals surface area contributed by atoms with Gasteiger partial charge in [-0.2, -0.15) is 0 Å². The largest absolute Gasteiger partial charge is 0.460 e. The van der Waals surface area contributed by atoms with Crippen molar-refractivity contribution in [2.75, 3.05) is 13.1 Å². The van der Waals surface area contributed by atoms with Gasteiger partial charge >= 0.3 is 54.2 Å². The lowest BCUT2D eigenvalue weighted by Crippen LogP contribution is -2.71. The molecule has 6 unspecified atom stereocenters. The molecule has 494 valence electrons. The third-order valence-corrected chi connectivity index (χ3v) is 11.7. The van der Waals surface area contributed by atoms with Crippen molar-refractivity contribution in [3.63, 3.8) is 0 Å². The summed E-state index contributed by atoms with van der Waals surface area (Å²) in [7, 11) is 0. The Morgan fingerprint density at radius 3 is 1.34 bits per heavy atom. The summed E-state index contributed by atoms with van der Waals surface area (Å²) in [5.74, 6) is -4.74. The molecular formula is C57H98N6O23. The third kappa shape index (κ3) is 28.9. The first kappa shape index (κ1) is 75.8. The Bertz CT molecular complexity index is 2300. The highest BCUT2D eigenvalue weighted by molar-refractivity contribution is 5.84. The van der Waals surface area contributed by atoms with Gasteiger partial charge in [0, 0.05) is 54.1 Å². The topological polar surface area (TPSA) is 377 Å². The molecule has 29 nitrogen and oxygen atoms in total. The molecule has 29 heteroatoms. The Balaban J connectivity index is 0.00000293. The van der Waals surface area contributed by atoms with Crippen LogP contribution in [-0.4, -0.2) is 187 Å². The lowest BCUT2D eigenvalue weighted by Gasteiger charge is -2.51. The first-order chi connectivity index (χ1) is 39.3. The first-order valence-corrected chi connectivity index (χ1v) is 28.7. The van der Waals surface area contributed by atoms with E-state index in [4.69, 9.17) is 67.3 Å². The zero-order chi connectivity index (χ0) is 66.0. The Kier molecular flexibility index (Phi) is 28.7. The average molecular weight is 1240 g/mol. The summed E-state index contributed by atoms with van der Waals surface area (Å²) < 4.78 is 76.5. The zero-order valence-electron chi connectivity index (χ0n) is 54.0. The number of nitrogens with one attached hydrogen (secondary N) is 5. The maximum Gasteiger partial charge on any atom is 0.408 e. The minimum Gasteiger partial charge on any atom is -0.460 e. The standard InChI is InChI=1S/C51H86N6O21.C6H12O2/c1-18-33-38(68-26(3)59)35(57-47(66)78-51(15,16)17)39(69-27(4)60)43(72-33)74-36-31(54-41(62)34(67-25(2)58)21-22-53-44(63)75-48(6,7)8)23-32(56-46(65)77-50(12,13)14)37(40(36)70-28(5)61)73-42-30(20-19-29(24-52)71-42)55-45(64)76-49(9,10)11;1-5(7)8-6(2,3)4/h29-40,42-43H,18-24,52H2,1-17H3,(H,53,63)(H,54,62)(H,55,64)(H,56,65)(H,57,66);1-4H3/t29?,30?,31-,32+,33?,34+,35+,36+,37?,38+,39?,40?,42-,43-;/m1./s1. The van der Waals surface area contributed by atoms with Crippen LogP contribution in [0.1, 0.15) is 178 Å². The Morgan fingerprint density at radius 2 is 0.907 bits per heavy atom. The van der Waals surface area contributed by atoms with Crippen LogP contribution in [0.25, 0.3) is 0 Å². The average Bonchev–Trinajstić information content (AvgIpc) is 2.22. The highest BCUT2D eigenvalue weighted by Gasteiger charge is 2.57. The van der Waals surface area contributed by atoms with Crippen LogP contribution < -0.4 is 32.3 Å². The van der Waals surface area contributed by atoms with E-state index < -0.39 is 169 Å². The molecule has 86 heavy (non-hydrogen) atoms. The Labute approximate surface area is 504 Å². The molecule has 7 N–H and O–H groups in total. The molecule has 0 bridgehead atoms. The summed E-state index contributed by atoms with van der Waals surface area (Å²) in [5, 5.41) is 13.5. The van der Waals surface area contributed by atoms with E-state index in [1.54, 1.807) is 90.0 Å². The first-order valence-electron chi connectivity index (χ1n) is 28.7. The van der Waals surface area contributed by atoms with Crippen LogP contribution >= 0.6 is 0 Å². The highest BCUT2D eigenvalue weighted by Crippen LogP contribution is 2.37. The molecule has 0 radical (unpaired) electrons. The number of ether oxygens (including phenoxy) is 13. The van der Waals surface area contributed by atoms with Crippen LogP contribution in [0.3, 0.4) is 0 Å². The van der Waals surface area contributed by atoms with Crippen molar-refractivity contribution in [3.05, 3.63) is 0 Å². The normalized spacial score (nSPS) is 26.4. The van der Waals surface area contributed by atoms with E-state index in [9.17, 15) is 47.9 Å². The van der Waals surface area contributed by atoms with Gasteiger partial charge in [-0.05, 0) is 130 Å². The molecule has 0 aromatic rings. The van der Waals surface area contributed by atoms with Crippen LogP contribution in [0.15, 0.2) is 0 Å². The van der Waals surface area contributed by atoms with E-state index >= 15 is 0 Å². The van der Waals surface area contributed by atoms with Gasteiger partial charge in [0.15, 0.2) is 37.0 Å². The fourth-order valence-electron chi connectivity index (χ4n) is 9.05. The summed E-state index contributed by atoms with van der Waals surface area (Å²) in [6.45, 7) is 32.3. The third-order valence-electron chi connectivity index (χ3n) is 11.7. The Morgan fingerprint density at radius 1 is 0.477 bits per heavy atom. The van der Waals surface area contributed by atoms with Crippen LogP contribution in [0.2, 0.25) is 0 Å². The lowest BCUT2D eigenvalue weighted by molar-refractivity contribution is -0.317. The van der Waals surface area contributed by atoms with E-state index in [1.165, 1.54) is 6.92 Å². The molecular weight excluding hydrogens is 1140 g/mol. The second kappa shape index (κ2) is 32.6. The summed E-state index contributed by atoms with van der Waals surface area (Å²) in [5.41, 5.74) is 1.87. The van der Waals surface area contributed by atoms with Crippen molar-refractivity contribution < 1.29 is 110 Å². The fraction of sp³-hybridized carbons (Fsp3) is 0.825. The summed E-state index contributed by atoms with van der Waals surface area (Å²) >= 11 is 0. The maximum absolute atomic E-state index is 14.7. The smallest absolute Gasteiger partial charge is 0.408 e. The molecule has 3 fully saturated rings. The molecule has 0 aromatic heterocycles. The van der Waals surface area contributed by atoms with Crippen LogP contribution in [-0.2, 0) is 90.3 Å². The molecule has 0 spiro atoms. The zero-order valence-corrected chi connectivity index (χ0v) is 54.0. The van der Waals surface area contributed by atoms with E-state index in [0.717, 1.165) is 27.7 Å². The van der Waals surface area contributed by atoms with Crippen LogP contribution in [0.5, 0.6) is 0 Å². The maximum atomic E-state index is 14.7. The monoisotopic (exact) mass is 1230 g/mol. The SMILES string of the molecule is CC(=O)OC(C)(C)C.CCC1O[C@H](O[C@@H]2C(OC(C)=O)C(O[C@H]3OC(CN)CCC3NC(=O)OC(C)(C)C)[C@@H](NC(=O)OC(C)(C)C)C[C@H]2NC(=O)[C@H](CCNC(=O)OC(C)(C)C)OC(C)=O)C(OC(C)=O)[C@@H](NC(=O)OC(C)(C)C)[C@H]1OC(C)=O. The minimum absolute atomic E-state index is 0.00919. The number of hydrogen-bond donors (Lipinski definition) is 6. The molecule has 1 saturated carbocycles. The second-order valence-corrected chi connectivity index (χ2v) is 25.9. The molecule has 2 saturated heterocycles. The number of hydrogen-bond acceptors (Lipinski definition) is 24. The minimum atomic E-state index is -1.81. The van der Waals surface area contributed by atoms with Crippen LogP contribution in [0.4, 0.5) is 19.2 Å². The summed E-state index contributed by atoms with van der Waals surface area (Å²) in [4.78, 5) is 130. The predicted molar refractivity (Wildman–Crippen MR) is 304 cm³/mol. The number of alkyl carbamates (subject to hydrolysis) is 4. The second-order valence-electron chi connectivity index (χ2n) is 25.9. The summed E-state index contributed by atoms with van der Waals surface area (Å²) in [6, 6.07) is -5.22. The van der Waals surface area contributed by atoms with Crippen molar-refractivity contribution in [3.8, 4) is 0 Å². The van der Waals surface area contributed by atoms with Gasteiger partial charge < -0.3 is 93.9 Å². The molecule has 2 heterocycles. The van der Waals surface area contributed by atoms with Gasteiger partial charge in [0.1, 0.15) is 46.3 Å². The number of carbonyl (C=O) groups is 10. The van der Waals surface area contributed by atoms with Crippen molar-refractivity contribution in [1.29, 1.82) is 0 Å². The van der Waals surface area contributed by atoms with Gasteiger partial charge in [-0.15, -0.1) is 0 Å². The molecule has 14 atom stereocenters. The number of rotatable bonds is 18. The molecule has 0 aromatic carbocycles. The lowest BCUT2D eigenvalue weighted by atomic mass is 9.82. The van der Waals surface area contributed by atoms with E-state index in [2.05, 4.69) is 26.6 Å². The summed E-state index contributed by atoms with van der Waals surface area (Å²) in [6.07, 6.45) is -18.4. The number of esters is 5. The Hall–Kier alpha value is -6.30. The number of carbonyl (C=O) groups excluding carboxylic acids is 10. The van der Waals surface area contributed by atoms with Gasteiger partial charge in [0.05, 0.1) is 30.3 Å². The molecule has 1 aliphatic carbocycles. The molecule has 2 aliphatic heterocycles. The van der Waals surface area contributed by atoms with E-state index in [-0.39, 0.29) is 43.9 Å². The van der Waals surface area contributed by atoms with Gasteiger partial charge in [0.2, 0.25) is 0 Å². The van der Waals surface area contributed by atoms with Crippen molar-refractivity contribution >= 4 is 60.1 Å². The van der Waals surface area contributed by atoms with Gasteiger partial charge in [-0.3, -0.25) is 28.8 Å². The van der Waals surface area contributed by atoms with Crippen molar-refractivity contribution in [1.82, 2.24) is 26.6 Å². The van der Waals surface area contributed by atoms with Gasteiger partial charge in [-0.25, -0.2) is 19.2 Å². The van der Waals surface area contributed by atoms with E-state index in [1.807, 2.05) is 20.8 Å². The number of amides is 5. The number of nitrogens with two attached hydrogens (primary N) is 1. The van der Waals surface area contributed by atoms with E-state index in [0.29, 0.717) is 6.42 Å². The highest BCUT2D eigenvalue weighted by atomic mass is 16.7. The van der Waals surface area contributed by atoms with Gasteiger partial charge in [0.25, 0.3) is 5.91 Å². The van der Waals surface area contributed by atoms with Crippen LogP contribution in [0, 0.1) is 0 Å². The van der Waals surface area contributed by atoms with Crippen molar-refractivity contribution in [2.45, 2.75) is 291 Å². The predicted octanol–water partition coefficient (Wildman–Crippen LogP) is 4.91.